The minimum absolute atomic E-state index is 0.144. The number of hydrogen-bond donors (Lipinski definition) is 1. The van der Waals surface area contributed by atoms with Crippen LogP contribution in [0.1, 0.15) is 37.7 Å². The molecule has 0 saturated carbocycles. The van der Waals surface area contributed by atoms with Crippen molar-refractivity contribution in [2.75, 3.05) is 37.7 Å². The summed E-state index contributed by atoms with van der Waals surface area (Å²) < 4.78 is 18.8. The quantitative estimate of drug-likeness (QED) is 0.898. The van der Waals surface area contributed by atoms with E-state index in [9.17, 15) is 4.39 Å². The van der Waals surface area contributed by atoms with Crippen LogP contribution in [-0.2, 0) is 4.74 Å². The Hall–Kier alpha value is -1.13. The van der Waals surface area contributed by atoms with Crippen molar-refractivity contribution in [3.05, 3.63) is 29.6 Å². The van der Waals surface area contributed by atoms with Crippen LogP contribution in [0.25, 0.3) is 0 Å². The molecule has 0 spiro atoms. The molecular weight excluding hydrogens is 291 g/mol. The van der Waals surface area contributed by atoms with Gasteiger partial charge in [-0.25, -0.2) is 4.39 Å². The highest BCUT2D eigenvalue weighted by Gasteiger charge is 2.21. The summed E-state index contributed by atoms with van der Waals surface area (Å²) in [6.07, 6.45) is 6.11. The fourth-order valence-electron chi connectivity index (χ4n) is 3.82. The van der Waals surface area contributed by atoms with Gasteiger partial charge in [0.2, 0.25) is 0 Å². The van der Waals surface area contributed by atoms with Crippen molar-refractivity contribution in [2.24, 2.45) is 5.92 Å². The van der Waals surface area contributed by atoms with Gasteiger partial charge in [-0.1, -0.05) is 0 Å². The number of halogens is 1. The van der Waals surface area contributed by atoms with E-state index in [4.69, 9.17) is 4.74 Å². The van der Waals surface area contributed by atoms with Crippen molar-refractivity contribution in [2.45, 2.75) is 45.1 Å². The monoisotopic (exact) mass is 320 g/mol. The zero-order chi connectivity index (χ0) is 16.1. The minimum atomic E-state index is -0.144. The molecule has 2 aliphatic heterocycles. The van der Waals surface area contributed by atoms with Crippen LogP contribution < -0.4 is 10.2 Å². The Morgan fingerprint density at radius 1 is 1.26 bits per heavy atom. The van der Waals surface area contributed by atoms with E-state index < -0.39 is 0 Å². The van der Waals surface area contributed by atoms with E-state index in [1.165, 1.54) is 24.9 Å². The summed E-state index contributed by atoms with van der Waals surface area (Å²) >= 11 is 0. The van der Waals surface area contributed by atoms with Crippen LogP contribution in [0.3, 0.4) is 0 Å². The van der Waals surface area contributed by atoms with Crippen molar-refractivity contribution >= 4 is 5.69 Å². The van der Waals surface area contributed by atoms with E-state index in [0.29, 0.717) is 6.04 Å². The minimum Gasteiger partial charge on any atom is -0.381 e. The average molecular weight is 320 g/mol. The molecule has 2 fully saturated rings. The maximum Gasteiger partial charge on any atom is 0.123 e. The van der Waals surface area contributed by atoms with Gasteiger partial charge in [-0.15, -0.1) is 0 Å². The second kappa shape index (κ2) is 8.11. The van der Waals surface area contributed by atoms with Gasteiger partial charge in [-0.05, 0) is 75.3 Å². The zero-order valence-electron chi connectivity index (χ0n) is 14.2. The first-order valence-corrected chi connectivity index (χ1v) is 9.04. The third-order valence-corrected chi connectivity index (χ3v) is 5.23. The predicted octanol–water partition coefficient (Wildman–Crippen LogP) is 3.51. The molecule has 3 nitrogen and oxygen atoms in total. The smallest absolute Gasteiger partial charge is 0.123 e. The molecule has 1 aromatic carbocycles. The largest absolute Gasteiger partial charge is 0.381 e. The number of nitrogens with zero attached hydrogens (tertiary/aromatic N) is 1. The maximum absolute atomic E-state index is 13.2. The highest BCUT2D eigenvalue weighted by molar-refractivity contribution is 5.53. The first-order chi connectivity index (χ1) is 11.2. The molecule has 1 N–H and O–H groups in total. The number of aryl methyl sites for hydroxylation is 1. The fourth-order valence-corrected chi connectivity index (χ4v) is 3.82. The number of hydrogen-bond acceptors (Lipinski definition) is 3. The second-order valence-electron chi connectivity index (χ2n) is 7.02. The molecule has 0 bridgehead atoms. The number of benzene rings is 1. The summed E-state index contributed by atoms with van der Waals surface area (Å²) in [5, 5.41) is 3.72. The van der Waals surface area contributed by atoms with Crippen LogP contribution in [0.2, 0.25) is 0 Å². The molecule has 0 unspecified atom stereocenters. The lowest BCUT2D eigenvalue weighted by Gasteiger charge is -2.35. The van der Waals surface area contributed by atoms with E-state index in [1.54, 1.807) is 12.1 Å². The highest BCUT2D eigenvalue weighted by atomic mass is 19.1. The van der Waals surface area contributed by atoms with Crippen LogP contribution in [0, 0.1) is 18.7 Å². The lowest BCUT2D eigenvalue weighted by molar-refractivity contribution is 0.0514. The first kappa shape index (κ1) is 16.7. The zero-order valence-corrected chi connectivity index (χ0v) is 14.2. The Balaban J connectivity index is 1.39. The van der Waals surface area contributed by atoms with Gasteiger partial charge in [-0.2, -0.15) is 0 Å². The molecule has 23 heavy (non-hydrogen) atoms. The first-order valence-electron chi connectivity index (χ1n) is 9.04. The Kier molecular flexibility index (Phi) is 5.90. The Morgan fingerprint density at radius 3 is 2.78 bits per heavy atom. The van der Waals surface area contributed by atoms with Crippen LogP contribution in [0.4, 0.5) is 10.1 Å². The van der Waals surface area contributed by atoms with Gasteiger partial charge >= 0.3 is 0 Å². The summed E-state index contributed by atoms with van der Waals surface area (Å²) in [4.78, 5) is 2.39. The van der Waals surface area contributed by atoms with Crippen molar-refractivity contribution < 1.29 is 9.13 Å². The Labute approximate surface area is 139 Å². The van der Waals surface area contributed by atoms with Crippen LogP contribution in [-0.4, -0.2) is 38.9 Å². The topological polar surface area (TPSA) is 24.5 Å². The predicted molar refractivity (Wildman–Crippen MR) is 92.5 cm³/mol. The van der Waals surface area contributed by atoms with E-state index in [-0.39, 0.29) is 5.82 Å². The third kappa shape index (κ3) is 4.67. The standard InChI is InChI=1S/C19H29FN2O/c1-15-13-17(20)4-5-19(15)22-10-7-18(8-11-22)21-9-6-16-3-2-12-23-14-16/h4-5,13,16,18,21H,2-3,6-12,14H2,1H3/t16-/m0/s1. The molecule has 3 rings (SSSR count). The number of anilines is 1. The van der Waals surface area contributed by atoms with Gasteiger partial charge in [0.15, 0.2) is 0 Å². The third-order valence-electron chi connectivity index (χ3n) is 5.23. The summed E-state index contributed by atoms with van der Waals surface area (Å²) in [5.41, 5.74) is 2.22. The Bertz CT molecular complexity index is 494. The molecular formula is C19H29FN2O. The summed E-state index contributed by atoms with van der Waals surface area (Å²) in [5.74, 6) is 0.604. The molecule has 2 aliphatic rings. The summed E-state index contributed by atoms with van der Waals surface area (Å²) in [6, 6.07) is 5.74. The fraction of sp³-hybridized carbons (Fsp3) is 0.684. The normalized spacial score (nSPS) is 23.2. The van der Waals surface area contributed by atoms with E-state index in [1.807, 2.05) is 13.0 Å². The molecule has 2 saturated heterocycles. The van der Waals surface area contributed by atoms with Crippen molar-refractivity contribution in [1.29, 1.82) is 0 Å². The van der Waals surface area contributed by atoms with Crippen LogP contribution in [0.5, 0.6) is 0 Å². The SMILES string of the molecule is Cc1cc(F)ccc1N1CCC(NCC[C@@H]2CCCOC2)CC1. The summed E-state index contributed by atoms with van der Waals surface area (Å²) in [7, 11) is 0. The number of piperidine rings is 1. The van der Waals surface area contributed by atoms with E-state index >= 15 is 0 Å². The van der Waals surface area contributed by atoms with Gasteiger partial charge < -0.3 is 15.0 Å². The molecule has 0 amide bonds. The van der Waals surface area contributed by atoms with Crippen molar-refractivity contribution in [3.63, 3.8) is 0 Å². The lowest BCUT2D eigenvalue weighted by Crippen LogP contribution is -2.43. The average Bonchev–Trinajstić information content (AvgIpc) is 2.57. The molecule has 0 radical (unpaired) electrons. The van der Waals surface area contributed by atoms with Gasteiger partial charge in [0, 0.05) is 38.0 Å². The van der Waals surface area contributed by atoms with Crippen LogP contribution >= 0.6 is 0 Å². The number of nitrogens with one attached hydrogen (secondary N) is 1. The van der Waals surface area contributed by atoms with Crippen molar-refractivity contribution in [1.82, 2.24) is 5.32 Å². The van der Waals surface area contributed by atoms with Gasteiger partial charge in [0.25, 0.3) is 0 Å². The molecule has 0 aliphatic carbocycles. The Morgan fingerprint density at radius 2 is 2.09 bits per heavy atom. The number of rotatable bonds is 5. The molecule has 0 aromatic heterocycles. The van der Waals surface area contributed by atoms with Gasteiger partial charge in [0.05, 0.1) is 0 Å². The van der Waals surface area contributed by atoms with Crippen molar-refractivity contribution in [3.8, 4) is 0 Å². The van der Waals surface area contributed by atoms with E-state index in [0.717, 1.165) is 57.2 Å². The molecule has 1 atom stereocenters. The molecule has 4 heteroatoms. The molecule has 2 heterocycles. The van der Waals surface area contributed by atoms with E-state index in [2.05, 4.69) is 10.2 Å². The molecule has 128 valence electrons. The lowest BCUT2D eigenvalue weighted by atomic mass is 9.98. The summed E-state index contributed by atoms with van der Waals surface area (Å²) in [6.45, 7) is 7.10. The maximum atomic E-state index is 13.2. The van der Waals surface area contributed by atoms with Gasteiger partial charge in [-0.3, -0.25) is 0 Å². The second-order valence-corrected chi connectivity index (χ2v) is 7.02. The highest BCUT2D eigenvalue weighted by Crippen LogP contribution is 2.24. The van der Waals surface area contributed by atoms with Crippen LogP contribution in [0.15, 0.2) is 18.2 Å². The van der Waals surface area contributed by atoms with Gasteiger partial charge in [0.1, 0.15) is 5.82 Å². The number of ether oxygens (including phenoxy) is 1. The molecule has 1 aromatic rings.